The molecule has 1 aliphatic heterocycles. The second-order valence-corrected chi connectivity index (χ2v) is 20.3. The Kier molecular flexibility index (Phi) is 45.9. The van der Waals surface area contributed by atoms with E-state index in [2.05, 4.69) is 69.4 Å². The Morgan fingerprint density at radius 3 is 1.34 bits per heavy atom. The number of carboxylic acid groups (broad SMARTS) is 1. The van der Waals surface area contributed by atoms with Crippen molar-refractivity contribution in [1.82, 2.24) is 0 Å². The van der Waals surface area contributed by atoms with Gasteiger partial charge in [0.05, 0.1) is 6.61 Å². The summed E-state index contributed by atoms with van der Waals surface area (Å²) >= 11 is 0. The van der Waals surface area contributed by atoms with Gasteiger partial charge in [-0.05, 0) is 77.0 Å². The molecule has 1 saturated heterocycles. The normalized spacial score (nSPS) is 18.6. The van der Waals surface area contributed by atoms with Gasteiger partial charge in [-0.3, -0.25) is 14.4 Å². The first-order chi connectivity index (χ1) is 35.6. The summed E-state index contributed by atoms with van der Waals surface area (Å²) in [6.45, 7) is 5.87. The first kappa shape index (κ1) is 67.7. The molecule has 3 N–H and O–H groups in total. The smallest absolute Gasteiger partial charge is 0.335 e. The van der Waals surface area contributed by atoms with Crippen LogP contribution in [0.2, 0.25) is 0 Å². The minimum Gasteiger partial charge on any atom is -0.479 e. The number of unbranched alkanes of at least 4 members (excludes halogenated alkanes) is 28. The molecule has 422 valence electrons. The van der Waals surface area contributed by atoms with Crippen molar-refractivity contribution in [3.63, 3.8) is 0 Å². The fourth-order valence-corrected chi connectivity index (χ4v) is 8.85. The molecule has 0 aliphatic carbocycles. The molecule has 1 aliphatic rings. The Morgan fingerprint density at radius 2 is 0.863 bits per heavy atom. The van der Waals surface area contributed by atoms with Crippen LogP contribution in [0.3, 0.4) is 0 Å². The summed E-state index contributed by atoms with van der Waals surface area (Å²) < 4.78 is 28.4. The third-order valence-corrected chi connectivity index (χ3v) is 13.4. The monoisotopic (exact) mass is 1030 g/mol. The van der Waals surface area contributed by atoms with Crippen molar-refractivity contribution >= 4 is 23.9 Å². The highest BCUT2D eigenvalue weighted by Crippen LogP contribution is 2.26. The summed E-state index contributed by atoms with van der Waals surface area (Å²) in [7, 11) is 0. The largest absolute Gasteiger partial charge is 0.479 e. The van der Waals surface area contributed by atoms with Crippen molar-refractivity contribution < 1.29 is 58.2 Å². The van der Waals surface area contributed by atoms with Crippen LogP contribution in [0.1, 0.15) is 265 Å². The third-order valence-electron chi connectivity index (χ3n) is 13.4. The lowest BCUT2D eigenvalue weighted by Crippen LogP contribution is -2.61. The molecule has 0 radical (unpaired) electrons. The van der Waals surface area contributed by atoms with Crippen LogP contribution in [0.4, 0.5) is 0 Å². The summed E-state index contributed by atoms with van der Waals surface area (Å²) in [5.74, 6) is -3.13. The van der Waals surface area contributed by atoms with Crippen LogP contribution in [0.25, 0.3) is 0 Å². The van der Waals surface area contributed by atoms with Gasteiger partial charge in [0, 0.05) is 19.3 Å². The summed E-state index contributed by atoms with van der Waals surface area (Å²) in [5, 5.41) is 31.5. The van der Waals surface area contributed by atoms with Crippen molar-refractivity contribution in [3.8, 4) is 0 Å². The van der Waals surface area contributed by atoms with Crippen LogP contribution in [-0.4, -0.2) is 89.2 Å². The molecule has 0 aromatic rings. The molecule has 1 heterocycles. The van der Waals surface area contributed by atoms with Gasteiger partial charge < -0.3 is 39.0 Å². The van der Waals surface area contributed by atoms with Gasteiger partial charge in [-0.15, -0.1) is 0 Å². The summed E-state index contributed by atoms with van der Waals surface area (Å²) in [6.07, 6.45) is 46.5. The molecule has 73 heavy (non-hydrogen) atoms. The first-order valence-electron chi connectivity index (χ1n) is 29.6. The second kappa shape index (κ2) is 49.6. The van der Waals surface area contributed by atoms with Gasteiger partial charge in [0.25, 0.3) is 0 Å². The van der Waals surface area contributed by atoms with E-state index in [0.29, 0.717) is 19.3 Å². The molecule has 0 spiro atoms. The quantitative estimate of drug-likeness (QED) is 0.0228. The number of allylic oxidation sites excluding steroid dienone is 8. The lowest BCUT2D eigenvalue weighted by molar-refractivity contribution is -0.301. The number of hydrogen-bond donors (Lipinski definition) is 3. The molecular weight excluding hydrogens is 925 g/mol. The maximum atomic E-state index is 13.1. The van der Waals surface area contributed by atoms with Crippen LogP contribution >= 0.6 is 0 Å². The minimum absolute atomic E-state index is 0.0415. The van der Waals surface area contributed by atoms with Crippen LogP contribution in [0.15, 0.2) is 48.6 Å². The topological polar surface area (TPSA) is 175 Å². The number of carbonyl (C=O) groups excluding carboxylic acids is 3. The van der Waals surface area contributed by atoms with E-state index >= 15 is 0 Å². The minimum atomic E-state index is -1.91. The predicted octanol–water partition coefficient (Wildman–Crippen LogP) is 15.0. The fourth-order valence-electron chi connectivity index (χ4n) is 8.85. The van der Waals surface area contributed by atoms with Crippen molar-refractivity contribution in [3.05, 3.63) is 48.6 Å². The number of aliphatic carboxylic acids is 1. The lowest BCUT2D eigenvalue weighted by atomic mass is 9.98. The van der Waals surface area contributed by atoms with Crippen molar-refractivity contribution in [2.24, 2.45) is 0 Å². The molecule has 0 aromatic heterocycles. The van der Waals surface area contributed by atoms with Crippen LogP contribution in [0.5, 0.6) is 0 Å². The predicted molar refractivity (Wildman–Crippen MR) is 294 cm³/mol. The Balaban J connectivity index is 2.70. The Labute approximate surface area is 443 Å². The average molecular weight is 1030 g/mol. The van der Waals surface area contributed by atoms with Crippen molar-refractivity contribution in [2.75, 3.05) is 13.2 Å². The van der Waals surface area contributed by atoms with Crippen molar-refractivity contribution in [1.29, 1.82) is 0 Å². The first-order valence-corrected chi connectivity index (χ1v) is 29.6. The number of ether oxygens (including phenoxy) is 5. The Hall–Kier alpha value is -3.32. The van der Waals surface area contributed by atoms with Gasteiger partial charge >= 0.3 is 23.9 Å². The summed E-state index contributed by atoms with van der Waals surface area (Å²) in [4.78, 5) is 51.1. The highest BCUT2D eigenvalue weighted by Gasteiger charge is 2.50. The zero-order valence-corrected chi connectivity index (χ0v) is 46.4. The molecule has 0 amide bonds. The summed E-state index contributed by atoms with van der Waals surface area (Å²) in [5.41, 5.74) is 0. The van der Waals surface area contributed by atoms with Gasteiger partial charge in [-0.1, -0.05) is 217 Å². The number of rotatable bonds is 50. The zero-order chi connectivity index (χ0) is 53.3. The zero-order valence-electron chi connectivity index (χ0n) is 46.4. The molecule has 12 nitrogen and oxygen atoms in total. The highest BCUT2D eigenvalue weighted by molar-refractivity contribution is 5.74. The molecular formula is C61H106O12. The van der Waals surface area contributed by atoms with E-state index in [1.165, 1.54) is 96.3 Å². The molecule has 6 unspecified atom stereocenters. The number of carboxylic acids is 1. The van der Waals surface area contributed by atoms with E-state index in [-0.39, 0.29) is 25.9 Å². The van der Waals surface area contributed by atoms with E-state index in [4.69, 9.17) is 23.7 Å². The number of aliphatic hydroxyl groups is 2. The molecule has 1 fully saturated rings. The van der Waals surface area contributed by atoms with E-state index in [1.807, 2.05) is 0 Å². The Bertz CT molecular complexity index is 1460. The number of hydrogen-bond acceptors (Lipinski definition) is 11. The second-order valence-electron chi connectivity index (χ2n) is 20.3. The lowest BCUT2D eigenvalue weighted by Gasteiger charge is -2.40. The van der Waals surface area contributed by atoms with Gasteiger partial charge in [0.1, 0.15) is 18.8 Å². The van der Waals surface area contributed by atoms with Gasteiger partial charge in [0.15, 0.2) is 24.6 Å². The Morgan fingerprint density at radius 1 is 0.466 bits per heavy atom. The average Bonchev–Trinajstić information content (AvgIpc) is 3.37. The number of carbonyl (C=O) groups is 4. The fraction of sp³-hybridized carbons (Fsp3) is 0.803. The highest BCUT2D eigenvalue weighted by atomic mass is 16.7. The van der Waals surface area contributed by atoms with Crippen LogP contribution in [0, 0.1) is 0 Å². The van der Waals surface area contributed by atoms with E-state index < -0.39 is 67.3 Å². The number of esters is 3. The van der Waals surface area contributed by atoms with E-state index in [1.54, 1.807) is 0 Å². The molecule has 6 atom stereocenters. The number of aliphatic hydroxyl groups excluding tert-OH is 2. The van der Waals surface area contributed by atoms with Crippen molar-refractivity contribution in [2.45, 2.75) is 302 Å². The van der Waals surface area contributed by atoms with Gasteiger partial charge in [-0.2, -0.15) is 0 Å². The maximum absolute atomic E-state index is 13.1. The maximum Gasteiger partial charge on any atom is 0.335 e. The third kappa shape index (κ3) is 39.7. The molecule has 12 heteroatoms. The molecule has 0 aromatic carbocycles. The molecule has 1 rings (SSSR count). The standard InChI is InChI=1S/C61H106O12/c1-4-7-10-13-16-19-22-25-27-30-32-35-38-41-44-47-53(62)69-50-52(71-54(63)48-45-42-39-36-33-29-24-21-18-15-12-9-6-3)51-70-61-59(57(66)56(65)58(73-61)60(67)68)72-55(64)49-46-43-40-37-34-31-28-26-23-20-17-14-11-8-5-2/h8,11,17,20-21,24,26,28,52,56-59,61,65-66H,4-7,9-10,12-16,18-19,22-23,25,27,29-51H2,1-3H3,(H,67,68)/b11-8-,20-17-,24-21-,28-26-. The molecule has 0 saturated carbocycles. The molecule has 0 bridgehead atoms. The van der Waals surface area contributed by atoms with Gasteiger partial charge in [-0.25, -0.2) is 4.79 Å². The van der Waals surface area contributed by atoms with Crippen LogP contribution in [-0.2, 0) is 42.9 Å². The van der Waals surface area contributed by atoms with Crippen LogP contribution < -0.4 is 0 Å². The van der Waals surface area contributed by atoms with E-state index in [9.17, 15) is 34.5 Å². The summed E-state index contributed by atoms with van der Waals surface area (Å²) in [6, 6.07) is 0. The van der Waals surface area contributed by atoms with Gasteiger partial charge in [0.2, 0.25) is 0 Å². The van der Waals surface area contributed by atoms with E-state index in [0.717, 1.165) is 109 Å². The SMILES string of the molecule is CC/C=C\C/C=C\C/C=C\CCCCCCCC(=O)OC1C(OCC(COC(=O)CCCCCCCCCCCCCCCCC)OC(=O)CCCCCCC/C=C\CCCCCC)OC(C(=O)O)C(O)C1O.